The van der Waals surface area contributed by atoms with Gasteiger partial charge in [-0.15, -0.1) is 0 Å². The summed E-state index contributed by atoms with van der Waals surface area (Å²) in [6.07, 6.45) is 0. The highest BCUT2D eigenvalue weighted by molar-refractivity contribution is 6.33. The molecule has 134 valence electrons. The third-order valence-electron chi connectivity index (χ3n) is 4.08. The Morgan fingerprint density at radius 2 is 1.93 bits per heavy atom. The van der Waals surface area contributed by atoms with Gasteiger partial charge < -0.3 is 14.5 Å². The van der Waals surface area contributed by atoms with Crippen molar-refractivity contribution < 1.29 is 13.9 Å². The van der Waals surface area contributed by atoms with Crippen molar-refractivity contribution in [1.29, 1.82) is 0 Å². The Labute approximate surface area is 160 Å². The van der Waals surface area contributed by atoms with Crippen LogP contribution in [-0.4, -0.2) is 18.0 Å². The van der Waals surface area contributed by atoms with Crippen molar-refractivity contribution in [2.45, 2.75) is 0 Å². The van der Waals surface area contributed by atoms with E-state index in [1.165, 1.54) is 0 Å². The molecule has 0 fully saturated rings. The van der Waals surface area contributed by atoms with Crippen LogP contribution in [0.2, 0.25) is 5.02 Å². The maximum absolute atomic E-state index is 12.5. The average Bonchev–Trinajstić information content (AvgIpc) is 3.11. The highest BCUT2D eigenvalue weighted by atomic mass is 35.5. The maximum atomic E-state index is 12.5. The molecule has 27 heavy (non-hydrogen) atoms. The smallest absolute Gasteiger partial charge is 0.255 e. The molecular formula is C21H15ClN2O3. The Bertz CT molecular complexity index is 1140. The molecule has 0 aliphatic rings. The van der Waals surface area contributed by atoms with E-state index in [4.69, 9.17) is 20.8 Å². The first-order valence-electron chi connectivity index (χ1n) is 8.25. The Hall–Kier alpha value is -3.31. The van der Waals surface area contributed by atoms with Gasteiger partial charge in [0.1, 0.15) is 11.3 Å². The van der Waals surface area contributed by atoms with Crippen LogP contribution in [0.4, 0.5) is 5.69 Å². The lowest BCUT2D eigenvalue weighted by Gasteiger charge is -2.06. The summed E-state index contributed by atoms with van der Waals surface area (Å²) in [5.74, 6) is 0.828. The molecule has 4 aromatic rings. The summed E-state index contributed by atoms with van der Waals surface area (Å²) in [6, 6.07) is 19.6. The predicted octanol–water partition coefficient (Wildman–Crippen LogP) is 5.41. The SMILES string of the molecule is COc1cccc(C(=O)Nc2ccc3oc(-c4ccccc4Cl)nc3c2)c1. The zero-order valence-electron chi connectivity index (χ0n) is 14.4. The number of anilines is 1. The number of amides is 1. The van der Waals surface area contributed by atoms with E-state index in [9.17, 15) is 4.79 Å². The highest BCUT2D eigenvalue weighted by Crippen LogP contribution is 2.30. The number of fused-ring (bicyclic) bond motifs is 1. The number of nitrogens with one attached hydrogen (secondary N) is 1. The number of benzene rings is 3. The Morgan fingerprint density at radius 1 is 1.07 bits per heavy atom. The molecule has 0 radical (unpaired) electrons. The third-order valence-corrected chi connectivity index (χ3v) is 4.41. The number of ether oxygens (including phenoxy) is 1. The monoisotopic (exact) mass is 378 g/mol. The number of oxazole rings is 1. The van der Waals surface area contributed by atoms with E-state index in [0.29, 0.717) is 39.0 Å². The number of hydrogen-bond acceptors (Lipinski definition) is 4. The lowest BCUT2D eigenvalue weighted by atomic mass is 10.2. The van der Waals surface area contributed by atoms with E-state index >= 15 is 0 Å². The summed E-state index contributed by atoms with van der Waals surface area (Å²) in [5.41, 5.74) is 3.09. The lowest BCUT2D eigenvalue weighted by molar-refractivity contribution is 0.102. The van der Waals surface area contributed by atoms with E-state index < -0.39 is 0 Å². The second kappa shape index (κ2) is 7.13. The van der Waals surface area contributed by atoms with Gasteiger partial charge in [-0.05, 0) is 48.5 Å². The van der Waals surface area contributed by atoms with E-state index in [0.717, 1.165) is 5.56 Å². The normalized spacial score (nSPS) is 10.7. The minimum absolute atomic E-state index is 0.233. The largest absolute Gasteiger partial charge is 0.497 e. The van der Waals surface area contributed by atoms with Crippen LogP contribution in [0, 0.1) is 0 Å². The molecular weight excluding hydrogens is 364 g/mol. The Balaban J connectivity index is 1.62. The molecule has 0 aliphatic carbocycles. The molecule has 0 saturated carbocycles. The van der Waals surface area contributed by atoms with Crippen LogP contribution >= 0.6 is 11.6 Å². The van der Waals surface area contributed by atoms with Gasteiger partial charge in [-0.25, -0.2) is 4.98 Å². The van der Waals surface area contributed by atoms with Crippen LogP contribution < -0.4 is 10.1 Å². The van der Waals surface area contributed by atoms with Crippen molar-refractivity contribution in [3.63, 3.8) is 0 Å². The van der Waals surface area contributed by atoms with Crippen LogP contribution in [0.1, 0.15) is 10.4 Å². The Kier molecular flexibility index (Phi) is 4.52. The summed E-state index contributed by atoms with van der Waals surface area (Å²) in [7, 11) is 1.56. The molecule has 4 rings (SSSR count). The number of nitrogens with zero attached hydrogens (tertiary/aromatic N) is 1. The molecule has 0 spiro atoms. The molecule has 1 amide bonds. The van der Waals surface area contributed by atoms with Gasteiger partial charge in [0, 0.05) is 11.3 Å². The molecule has 3 aromatic carbocycles. The number of rotatable bonds is 4. The van der Waals surface area contributed by atoms with Crippen LogP contribution in [0.25, 0.3) is 22.6 Å². The Morgan fingerprint density at radius 3 is 2.74 bits per heavy atom. The summed E-state index contributed by atoms with van der Waals surface area (Å²) < 4.78 is 10.9. The maximum Gasteiger partial charge on any atom is 0.255 e. The summed E-state index contributed by atoms with van der Waals surface area (Å²) >= 11 is 6.21. The zero-order chi connectivity index (χ0) is 18.8. The van der Waals surface area contributed by atoms with Gasteiger partial charge in [0.05, 0.1) is 17.7 Å². The molecule has 0 saturated heterocycles. The third kappa shape index (κ3) is 3.50. The fourth-order valence-electron chi connectivity index (χ4n) is 2.72. The van der Waals surface area contributed by atoms with Crippen molar-refractivity contribution >= 4 is 34.3 Å². The van der Waals surface area contributed by atoms with Gasteiger partial charge in [0.2, 0.25) is 5.89 Å². The average molecular weight is 379 g/mol. The van der Waals surface area contributed by atoms with Gasteiger partial charge in [-0.2, -0.15) is 0 Å². The van der Waals surface area contributed by atoms with Gasteiger partial charge in [0.25, 0.3) is 5.91 Å². The number of methoxy groups -OCH3 is 1. The molecule has 0 atom stereocenters. The van der Waals surface area contributed by atoms with E-state index in [1.807, 2.05) is 18.2 Å². The minimum atomic E-state index is -0.233. The van der Waals surface area contributed by atoms with Crippen molar-refractivity contribution in [3.05, 3.63) is 77.3 Å². The molecule has 0 unspecified atom stereocenters. The van der Waals surface area contributed by atoms with E-state index in [1.54, 1.807) is 55.6 Å². The van der Waals surface area contributed by atoms with Crippen LogP contribution in [0.15, 0.2) is 71.1 Å². The van der Waals surface area contributed by atoms with Crippen molar-refractivity contribution in [2.24, 2.45) is 0 Å². The van der Waals surface area contributed by atoms with Crippen molar-refractivity contribution in [2.75, 3.05) is 12.4 Å². The van der Waals surface area contributed by atoms with E-state index in [2.05, 4.69) is 10.3 Å². The first-order chi connectivity index (χ1) is 13.1. The molecule has 1 heterocycles. The van der Waals surface area contributed by atoms with Crippen molar-refractivity contribution in [3.8, 4) is 17.2 Å². The molecule has 1 aromatic heterocycles. The van der Waals surface area contributed by atoms with Crippen LogP contribution in [-0.2, 0) is 0 Å². The molecule has 6 heteroatoms. The molecule has 1 N–H and O–H groups in total. The minimum Gasteiger partial charge on any atom is -0.497 e. The number of hydrogen-bond donors (Lipinski definition) is 1. The first-order valence-corrected chi connectivity index (χ1v) is 8.63. The number of carbonyl (C=O) groups excluding carboxylic acids is 1. The molecule has 5 nitrogen and oxygen atoms in total. The standard InChI is InChI=1S/C21H15ClN2O3/c1-26-15-6-4-5-13(11-15)20(25)23-14-9-10-19-18(12-14)24-21(27-19)16-7-2-3-8-17(16)22/h2-12H,1H3,(H,23,25). The topological polar surface area (TPSA) is 64.4 Å². The first kappa shape index (κ1) is 17.1. The number of aromatic nitrogens is 1. The fraction of sp³-hybridized carbons (Fsp3) is 0.0476. The summed E-state index contributed by atoms with van der Waals surface area (Å²) in [6.45, 7) is 0. The van der Waals surface area contributed by atoms with Crippen LogP contribution in [0.5, 0.6) is 5.75 Å². The molecule has 0 aliphatic heterocycles. The number of halogens is 1. The molecule has 0 bridgehead atoms. The second-order valence-electron chi connectivity index (χ2n) is 5.87. The van der Waals surface area contributed by atoms with Crippen LogP contribution in [0.3, 0.4) is 0 Å². The van der Waals surface area contributed by atoms with Gasteiger partial charge >= 0.3 is 0 Å². The second-order valence-corrected chi connectivity index (χ2v) is 6.27. The fourth-order valence-corrected chi connectivity index (χ4v) is 2.94. The predicted molar refractivity (Wildman–Crippen MR) is 105 cm³/mol. The lowest BCUT2D eigenvalue weighted by Crippen LogP contribution is -2.11. The van der Waals surface area contributed by atoms with Gasteiger partial charge in [-0.3, -0.25) is 4.79 Å². The summed E-state index contributed by atoms with van der Waals surface area (Å²) in [5, 5.41) is 3.43. The van der Waals surface area contributed by atoms with Gasteiger partial charge in [0.15, 0.2) is 5.58 Å². The number of carbonyl (C=O) groups is 1. The van der Waals surface area contributed by atoms with Gasteiger partial charge in [-0.1, -0.05) is 29.8 Å². The quantitative estimate of drug-likeness (QED) is 0.515. The zero-order valence-corrected chi connectivity index (χ0v) is 15.2. The highest BCUT2D eigenvalue weighted by Gasteiger charge is 2.13. The van der Waals surface area contributed by atoms with Crippen molar-refractivity contribution in [1.82, 2.24) is 4.98 Å². The van der Waals surface area contributed by atoms with E-state index in [-0.39, 0.29) is 5.91 Å². The summed E-state index contributed by atoms with van der Waals surface area (Å²) in [4.78, 5) is 17.0.